The predicted molar refractivity (Wildman–Crippen MR) is 63.3 cm³/mol. The number of carboxylic acid groups (broad SMARTS) is 1. The van der Waals surface area contributed by atoms with Gasteiger partial charge in [-0.2, -0.15) is 0 Å². The Morgan fingerprint density at radius 1 is 1.67 bits per heavy atom. The first-order valence-corrected chi connectivity index (χ1v) is 6.24. The molecule has 0 spiro atoms. The van der Waals surface area contributed by atoms with Gasteiger partial charge < -0.3 is 15.6 Å². The van der Waals surface area contributed by atoms with Crippen molar-refractivity contribution in [3.05, 3.63) is 16.1 Å². The molecule has 0 radical (unpaired) electrons. The minimum Gasteiger partial charge on any atom is -0.476 e. The second kappa shape index (κ2) is 5.42. The first kappa shape index (κ1) is 12.9. The number of nitrogens with zero attached hydrogens (tertiary/aromatic N) is 2. The summed E-state index contributed by atoms with van der Waals surface area (Å²) in [4.78, 5) is 27.8. The largest absolute Gasteiger partial charge is 0.476 e. The summed E-state index contributed by atoms with van der Waals surface area (Å²) in [5.41, 5.74) is 5.92. The summed E-state index contributed by atoms with van der Waals surface area (Å²) < 4.78 is 5.20. The summed E-state index contributed by atoms with van der Waals surface area (Å²) in [6, 6.07) is -0.478. The summed E-state index contributed by atoms with van der Waals surface area (Å²) in [6.07, 6.45) is 0. The molecule has 7 nitrogen and oxygen atoms in total. The third-order valence-corrected chi connectivity index (χ3v) is 3.55. The molecule has 18 heavy (non-hydrogen) atoms. The highest BCUT2D eigenvalue weighted by molar-refractivity contribution is 7.11. The molecular weight excluding hydrogens is 258 g/mol. The molecule has 2 rings (SSSR count). The number of aromatic carboxylic acids is 1. The fraction of sp³-hybridized carbons (Fsp3) is 0.500. The smallest absolute Gasteiger partial charge is 0.365 e. The zero-order valence-electron chi connectivity index (χ0n) is 9.54. The molecule has 1 aromatic rings. The molecule has 1 aromatic heterocycles. The molecule has 0 aliphatic carbocycles. The second-order valence-corrected chi connectivity index (χ2v) is 4.77. The molecule has 1 atom stereocenters. The van der Waals surface area contributed by atoms with Gasteiger partial charge in [0.2, 0.25) is 10.9 Å². The highest BCUT2D eigenvalue weighted by Gasteiger charge is 2.28. The maximum Gasteiger partial charge on any atom is 0.365 e. The zero-order valence-corrected chi connectivity index (χ0v) is 10.4. The Labute approximate surface area is 107 Å². The fourth-order valence-corrected chi connectivity index (χ4v) is 2.42. The van der Waals surface area contributed by atoms with Gasteiger partial charge in [0.05, 0.1) is 18.9 Å². The molecule has 0 bridgehead atoms. The maximum absolute atomic E-state index is 11.3. The van der Waals surface area contributed by atoms with Crippen LogP contribution in [0.25, 0.3) is 0 Å². The molecule has 1 aliphatic heterocycles. The number of carbonyl (C=O) groups excluding carboxylic acids is 1. The minimum absolute atomic E-state index is 0.0499. The fourth-order valence-electron chi connectivity index (χ4n) is 1.78. The van der Waals surface area contributed by atoms with E-state index in [-0.39, 0.29) is 11.6 Å². The average Bonchev–Trinajstić information content (AvgIpc) is 2.78. The highest BCUT2D eigenvalue weighted by atomic mass is 32.1. The Hall–Kier alpha value is -1.51. The third-order valence-electron chi connectivity index (χ3n) is 2.67. The number of carboxylic acids is 1. The van der Waals surface area contributed by atoms with Crippen LogP contribution in [0.5, 0.6) is 0 Å². The summed E-state index contributed by atoms with van der Waals surface area (Å²) in [5, 5.41) is 10.5. The number of carbonyl (C=O) groups is 2. The SMILES string of the molecule is NC(=O)C1COCCN1Cc1csc(C(=O)O)n1. The summed E-state index contributed by atoms with van der Waals surface area (Å²) >= 11 is 1.07. The van der Waals surface area contributed by atoms with Crippen LogP contribution in [0.4, 0.5) is 0 Å². The second-order valence-electron chi connectivity index (χ2n) is 3.91. The lowest BCUT2D eigenvalue weighted by Gasteiger charge is -2.32. The monoisotopic (exact) mass is 271 g/mol. The predicted octanol–water partition coefficient (Wildman–Crippen LogP) is -0.473. The Balaban J connectivity index is 2.06. The quantitative estimate of drug-likeness (QED) is 0.766. The Bertz CT molecular complexity index is 462. The number of ether oxygens (including phenoxy) is 1. The van der Waals surface area contributed by atoms with E-state index < -0.39 is 17.9 Å². The van der Waals surface area contributed by atoms with Crippen molar-refractivity contribution < 1.29 is 19.4 Å². The van der Waals surface area contributed by atoms with Gasteiger partial charge in [0.25, 0.3) is 0 Å². The van der Waals surface area contributed by atoms with Gasteiger partial charge in [0, 0.05) is 18.5 Å². The van der Waals surface area contributed by atoms with Gasteiger partial charge in [-0.05, 0) is 0 Å². The van der Waals surface area contributed by atoms with E-state index in [0.717, 1.165) is 11.3 Å². The van der Waals surface area contributed by atoms with Gasteiger partial charge in [-0.15, -0.1) is 11.3 Å². The lowest BCUT2D eigenvalue weighted by atomic mass is 10.2. The molecule has 1 unspecified atom stereocenters. The van der Waals surface area contributed by atoms with Gasteiger partial charge >= 0.3 is 5.97 Å². The van der Waals surface area contributed by atoms with E-state index in [1.54, 1.807) is 5.38 Å². The van der Waals surface area contributed by atoms with Crippen molar-refractivity contribution in [2.24, 2.45) is 5.73 Å². The molecule has 1 amide bonds. The van der Waals surface area contributed by atoms with Crippen LogP contribution in [-0.4, -0.2) is 52.7 Å². The third kappa shape index (κ3) is 2.84. The van der Waals surface area contributed by atoms with Crippen molar-refractivity contribution in [1.82, 2.24) is 9.88 Å². The topological polar surface area (TPSA) is 106 Å². The van der Waals surface area contributed by atoms with Crippen LogP contribution in [0.2, 0.25) is 0 Å². The van der Waals surface area contributed by atoms with Crippen LogP contribution in [0.1, 0.15) is 15.5 Å². The lowest BCUT2D eigenvalue weighted by Crippen LogP contribution is -2.51. The van der Waals surface area contributed by atoms with Crippen molar-refractivity contribution in [1.29, 1.82) is 0 Å². The zero-order chi connectivity index (χ0) is 13.1. The van der Waals surface area contributed by atoms with Gasteiger partial charge in [-0.25, -0.2) is 9.78 Å². The molecule has 0 saturated carbocycles. The van der Waals surface area contributed by atoms with Crippen molar-refractivity contribution in [3.63, 3.8) is 0 Å². The van der Waals surface area contributed by atoms with E-state index in [4.69, 9.17) is 15.6 Å². The van der Waals surface area contributed by atoms with Crippen molar-refractivity contribution >= 4 is 23.2 Å². The maximum atomic E-state index is 11.3. The van der Waals surface area contributed by atoms with E-state index in [9.17, 15) is 9.59 Å². The van der Waals surface area contributed by atoms with Crippen LogP contribution in [0.3, 0.4) is 0 Å². The van der Waals surface area contributed by atoms with E-state index in [0.29, 0.717) is 25.4 Å². The normalized spacial score (nSPS) is 20.8. The number of primary amides is 1. The van der Waals surface area contributed by atoms with Crippen LogP contribution >= 0.6 is 11.3 Å². The van der Waals surface area contributed by atoms with Crippen molar-refractivity contribution in [3.8, 4) is 0 Å². The van der Waals surface area contributed by atoms with Crippen LogP contribution in [-0.2, 0) is 16.1 Å². The lowest BCUT2D eigenvalue weighted by molar-refractivity contribution is -0.129. The number of thiazole rings is 1. The minimum atomic E-state index is -1.04. The van der Waals surface area contributed by atoms with Crippen LogP contribution in [0.15, 0.2) is 5.38 Å². The number of aromatic nitrogens is 1. The molecule has 98 valence electrons. The van der Waals surface area contributed by atoms with Crippen LogP contribution in [0, 0.1) is 0 Å². The number of morpholine rings is 1. The molecule has 2 heterocycles. The summed E-state index contributed by atoms with van der Waals surface area (Å²) in [5.74, 6) is -1.48. The van der Waals surface area contributed by atoms with Gasteiger partial charge in [0.1, 0.15) is 6.04 Å². The summed E-state index contributed by atoms with van der Waals surface area (Å²) in [6.45, 7) is 1.78. The molecule has 3 N–H and O–H groups in total. The van der Waals surface area contributed by atoms with Crippen molar-refractivity contribution in [2.75, 3.05) is 19.8 Å². The number of amides is 1. The van der Waals surface area contributed by atoms with Gasteiger partial charge in [-0.3, -0.25) is 9.69 Å². The van der Waals surface area contributed by atoms with E-state index in [1.807, 2.05) is 4.90 Å². The first-order valence-electron chi connectivity index (χ1n) is 5.36. The molecule has 1 fully saturated rings. The molecule has 8 heteroatoms. The molecule has 1 aliphatic rings. The standard InChI is InChI=1S/C10H13N3O4S/c11-8(14)7-4-17-2-1-13(7)3-6-5-18-9(12-6)10(15)16/h5,7H,1-4H2,(H2,11,14)(H,15,16). The number of rotatable bonds is 4. The first-order chi connectivity index (χ1) is 8.58. The molecule has 0 aromatic carbocycles. The van der Waals surface area contributed by atoms with E-state index in [2.05, 4.69) is 4.98 Å². The average molecular weight is 271 g/mol. The Morgan fingerprint density at radius 3 is 3.06 bits per heavy atom. The molecule has 1 saturated heterocycles. The van der Waals surface area contributed by atoms with E-state index in [1.165, 1.54) is 0 Å². The number of nitrogens with two attached hydrogens (primary N) is 1. The molecular formula is C10H13N3O4S. The number of hydrogen-bond acceptors (Lipinski definition) is 6. The van der Waals surface area contributed by atoms with Gasteiger partial charge in [0.15, 0.2) is 0 Å². The number of hydrogen-bond donors (Lipinski definition) is 2. The van der Waals surface area contributed by atoms with Crippen LogP contribution < -0.4 is 5.73 Å². The van der Waals surface area contributed by atoms with Crippen molar-refractivity contribution in [2.45, 2.75) is 12.6 Å². The van der Waals surface area contributed by atoms with E-state index >= 15 is 0 Å². The summed E-state index contributed by atoms with van der Waals surface area (Å²) in [7, 11) is 0. The highest BCUT2D eigenvalue weighted by Crippen LogP contribution is 2.15. The van der Waals surface area contributed by atoms with Gasteiger partial charge in [-0.1, -0.05) is 0 Å². The Kier molecular flexibility index (Phi) is 3.90. The Morgan fingerprint density at radius 2 is 2.44 bits per heavy atom.